The van der Waals surface area contributed by atoms with Crippen LogP contribution in [0.5, 0.6) is 0 Å². The van der Waals surface area contributed by atoms with Crippen molar-refractivity contribution in [1.29, 1.82) is 0 Å². The molecule has 4 N–H and O–H groups in total. The maximum absolute atomic E-state index is 12.2. The van der Waals surface area contributed by atoms with E-state index >= 15 is 0 Å². The first-order valence-electron chi connectivity index (χ1n) is 11.1. The van der Waals surface area contributed by atoms with E-state index in [4.69, 9.17) is 27.6 Å². The summed E-state index contributed by atoms with van der Waals surface area (Å²) in [5, 5.41) is 13.3. The highest BCUT2D eigenvalue weighted by Crippen LogP contribution is 2.25. The van der Waals surface area contributed by atoms with Crippen LogP contribution in [0, 0.1) is 0 Å². The summed E-state index contributed by atoms with van der Waals surface area (Å²) in [4.78, 5) is 48.5. The zero-order valence-electron chi connectivity index (χ0n) is 19.5. The lowest BCUT2D eigenvalue weighted by Crippen LogP contribution is -2.34. The highest BCUT2D eigenvalue weighted by Gasteiger charge is 2.16. The van der Waals surface area contributed by atoms with Crippen molar-refractivity contribution < 1.29 is 23.6 Å². The first-order valence-corrected chi connectivity index (χ1v) is 11.8. The zero-order valence-corrected chi connectivity index (χ0v) is 21.0. The van der Waals surface area contributed by atoms with Gasteiger partial charge in [0.25, 0.3) is 0 Å². The molecular weight excluding hydrogens is 533 g/mol. The van der Waals surface area contributed by atoms with Crippen LogP contribution in [0.4, 0.5) is 11.4 Å². The molecule has 4 rings (SSSR count). The van der Waals surface area contributed by atoms with E-state index in [0.29, 0.717) is 22.2 Å². The molecule has 0 aliphatic heterocycles. The van der Waals surface area contributed by atoms with Gasteiger partial charge in [-0.2, -0.15) is 5.10 Å². The molecule has 12 heteroatoms. The predicted molar refractivity (Wildman–Crippen MR) is 144 cm³/mol. The third kappa shape index (κ3) is 6.75. The SMILES string of the molecule is O=C(NCc1ccc(/C=N/NC(=O)C(=O)Nc2cccc3ccccc23)o1)C(=O)Nc1ccc(Cl)c(Cl)c1. The summed E-state index contributed by atoms with van der Waals surface area (Å²) in [5.74, 6) is -3.10. The summed E-state index contributed by atoms with van der Waals surface area (Å²) in [7, 11) is 0. The van der Waals surface area contributed by atoms with Gasteiger partial charge in [-0.1, -0.05) is 59.6 Å². The number of hydrogen-bond donors (Lipinski definition) is 4. The summed E-state index contributed by atoms with van der Waals surface area (Å²) < 4.78 is 5.47. The number of fused-ring (bicyclic) bond motifs is 1. The van der Waals surface area contributed by atoms with Crippen molar-refractivity contribution in [3.8, 4) is 0 Å². The number of benzene rings is 3. The average molecular weight is 552 g/mol. The van der Waals surface area contributed by atoms with Gasteiger partial charge in [0.2, 0.25) is 0 Å². The van der Waals surface area contributed by atoms with Gasteiger partial charge in [-0.15, -0.1) is 0 Å². The number of rotatable bonds is 6. The number of halogens is 2. The Balaban J connectivity index is 1.24. The van der Waals surface area contributed by atoms with Gasteiger partial charge in [0.1, 0.15) is 11.5 Å². The molecule has 4 aromatic rings. The fraction of sp³-hybridized carbons (Fsp3) is 0.0385. The molecule has 0 saturated carbocycles. The van der Waals surface area contributed by atoms with E-state index in [-0.39, 0.29) is 17.3 Å². The minimum absolute atomic E-state index is 0.0821. The quantitative estimate of drug-likeness (QED) is 0.162. The molecule has 0 fully saturated rings. The second-order valence-electron chi connectivity index (χ2n) is 7.75. The van der Waals surface area contributed by atoms with Crippen molar-refractivity contribution in [2.75, 3.05) is 10.6 Å². The van der Waals surface area contributed by atoms with E-state index in [1.165, 1.54) is 30.5 Å². The number of furan rings is 1. The first-order chi connectivity index (χ1) is 18.3. The Morgan fingerprint density at radius 3 is 2.37 bits per heavy atom. The van der Waals surface area contributed by atoms with E-state index in [0.717, 1.165) is 10.8 Å². The molecule has 3 aromatic carbocycles. The Kier molecular flexibility index (Phi) is 8.37. The number of nitrogens with one attached hydrogen (secondary N) is 4. The number of anilines is 2. The summed E-state index contributed by atoms with van der Waals surface area (Å²) >= 11 is 11.7. The molecular formula is C26H19Cl2N5O5. The lowest BCUT2D eigenvalue weighted by molar-refractivity contribution is -0.136. The van der Waals surface area contributed by atoms with Crippen LogP contribution in [0.1, 0.15) is 11.5 Å². The van der Waals surface area contributed by atoms with E-state index < -0.39 is 23.6 Å². The smallest absolute Gasteiger partial charge is 0.329 e. The molecule has 1 aromatic heterocycles. The van der Waals surface area contributed by atoms with Crippen LogP contribution >= 0.6 is 23.2 Å². The summed E-state index contributed by atoms with van der Waals surface area (Å²) in [5.41, 5.74) is 2.93. The molecule has 0 unspecified atom stereocenters. The van der Waals surface area contributed by atoms with E-state index in [9.17, 15) is 19.2 Å². The summed E-state index contributed by atoms with van der Waals surface area (Å²) in [6.07, 6.45) is 1.19. The van der Waals surface area contributed by atoms with Crippen LogP contribution in [0.2, 0.25) is 10.0 Å². The highest BCUT2D eigenvalue weighted by molar-refractivity contribution is 6.43. The molecule has 0 atom stereocenters. The summed E-state index contributed by atoms with van der Waals surface area (Å²) in [6, 6.07) is 20.3. The molecule has 38 heavy (non-hydrogen) atoms. The largest absolute Gasteiger partial charge is 0.458 e. The normalized spacial score (nSPS) is 10.8. The van der Waals surface area contributed by atoms with Gasteiger partial charge >= 0.3 is 23.6 Å². The van der Waals surface area contributed by atoms with Gasteiger partial charge in [-0.25, -0.2) is 5.43 Å². The van der Waals surface area contributed by atoms with Crippen molar-refractivity contribution in [1.82, 2.24) is 10.7 Å². The molecule has 192 valence electrons. The second kappa shape index (κ2) is 12.0. The first kappa shape index (κ1) is 26.4. The van der Waals surface area contributed by atoms with Crippen LogP contribution in [0.3, 0.4) is 0 Å². The third-order valence-corrected chi connectivity index (χ3v) is 5.83. The Morgan fingerprint density at radius 2 is 1.55 bits per heavy atom. The molecule has 4 amide bonds. The molecule has 10 nitrogen and oxygen atoms in total. The number of amides is 4. The minimum atomic E-state index is -0.971. The molecule has 1 heterocycles. The Hall–Kier alpha value is -4.67. The molecule has 0 radical (unpaired) electrons. The molecule has 0 bridgehead atoms. The second-order valence-corrected chi connectivity index (χ2v) is 8.56. The number of carbonyl (C=O) groups excluding carboxylic acids is 4. The minimum Gasteiger partial charge on any atom is -0.458 e. The van der Waals surface area contributed by atoms with Crippen LogP contribution in [-0.2, 0) is 25.7 Å². The molecule has 0 aliphatic rings. The molecule has 0 aliphatic carbocycles. The Bertz CT molecular complexity index is 1560. The van der Waals surface area contributed by atoms with Crippen molar-refractivity contribution in [2.24, 2.45) is 5.10 Å². The van der Waals surface area contributed by atoms with E-state index in [1.807, 2.05) is 30.3 Å². The van der Waals surface area contributed by atoms with Crippen LogP contribution in [0.15, 0.2) is 82.3 Å². The fourth-order valence-electron chi connectivity index (χ4n) is 3.29. The van der Waals surface area contributed by atoms with Gasteiger partial charge in [-0.05, 0) is 41.8 Å². The van der Waals surface area contributed by atoms with Gasteiger partial charge in [0, 0.05) is 16.8 Å². The molecule has 0 saturated heterocycles. The monoisotopic (exact) mass is 551 g/mol. The van der Waals surface area contributed by atoms with Gasteiger partial charge in [0.15, 0.2) is 0 Å². The van der Waals surface area contributed by atoms with Crippen LogP contribution in [-0.4, -0.2) is 29.8 Å². The Labute approximate surface area is 226 Å². The zero-order chi connectivity index (χ0) is 27.1. The standard InChI is InChI=1S/C26H19Cl2N5O5/c27-20-11-8-16(12-21(20)28)31-24(35)23(34)29-13-17-9-10-18(38-17)14-30-33-26(37)25(36)32-22-7-3-5-15-4-1-2-6-19(15)22/h1-12,14H,13H2,(H,29,34)(H,31,35)(H,32,36)(H,33,37)/b30-14+. The molecule has 0 spiro atoms. The maximum Gasteiger partial charge on any atom is 0.329 e. The number of carbonyl (C=O) groups is 4. The number of hydrazone groups is 1. The van der Waals surface area contributed by atoms with Crippen molar-refractivity contribution >= 4 is 75.2 Å². The van der Waals surface area contributed by atoms with Crippen LogP contribution < -0.4 is 21.4 Å². The number of nitrogens with zero attached hydrogens (tertiary/aromatic N) is 1. The Morgan fingerprint density at radius 1 is 0.789 bits per heavy atom. The van der Waals surface area contributed by atoms with Crippen molar-refractivity contribution in [2.45, 2.75) is 6.54 Å². The lowest BCUT2D eigenvalue weighted by atomic mass is 10.1. The summed E-state index contributed by atoms with van der Waals surface area (Å²) in [6.45, 7) is -0.0821. The van der Waals surface area contributed by atoms with Crippen molar-refractivity contribution in [3.05, 3.63) is 94.4 Å². The maximum atomic E-state index is 12.2. The van der Waals surface area contributed by atoms with Gasteiger partial charge in [-0.3, -0.25) is 19.2 Å². The van der Waals surface area contributed by atoms with Gasteiger partial charge < -0.3 is 20.4 Å². The van der Waals surface area contributed by atoms with E-state index in [1.54, 1.807) is 18.2 Å². The third-order valence-electron chi connectivity index (χ3n) is 5.09. The average Bonchev–Trinajstić information content (AvgIpc) is 3.37. The lowest BCUT2D eigenvalue weighted by Gasteiger charge is -2.07. The van der Waals surface area contributed by atoms with Crippen LogP contribution in [0.25, 0.3) is 10.8 Å². The van der Waals surface area contributed by atoms with Crippen molar-refractivity contribution in [3.63, 3.8) is 0 Å². The topological polar surface area (TPSA) is 142 Å². The highest BCUT2D eigenvalue weighted by atomic mass is 35.5. The van der Waals surface area contributed by atoms with Gasteiger partial charge in [0.05, 0.1) is 22.8 Å². The number of hydrogen-bond acceptors (Lipinski definition) is 6. The van der Waals surface area contributed by atoms with E-state index in [2.05, 4.69) is 26.5 Å². The fourth-order valence-corrected chi connectivity index (χ4v) is 3.59. The predicted octanol–water partition coefficient (Wildman–Crippen LogP) is 4.08.